The molecule has 0 saturated heterocycles. The molecule has 0 aromatic carbocycles. The average molecular weight is 316 g/mol. The molecule has 0 saturated carbocycles. The zero-order valence-corrected chi connectivity index (χ0v) is 13.5. The molecule has 0 bridgehead atoms. The number of aliphatic hydroxyl groups is 2. The Labute approximate surface area is 129 Å². The highest BCUT2D eigenvalue weighted by Gasteiger charge is 2.14. The van der Waals surface area contributed by atoms with E-state index in [0.29, 0.717) is 18.6 Å². The van der Waals surface area contributed by atoms with Crippen molar-refractivity contribution in [1.82, 2.24) is 14.5 Å². The van der Waals surface area contributed by atoms with Crippen LogP contribution in [-0.4, -0.2) is 51.7 Å². The normalized spacial score (nSPS) is 11.2. The largest absolute Gasteiger partial charge is 0.400 e. The first-order chi connectivity index (χ1) is 10.7. The topological polar surface area (TPSA) is 106 Å². The molecule has 2 heterocycles. The van der Waals surface area contributed by atoms with Crippen molar-refractivity contribution in [1.29, 1.82) is 0 Å². The van der Waals surface area contributed by atoms with Crippen molar-refractivity contribution >= 4 is 16.9 Å². The Hall–Kier alpha value is -1.77. The van der Waals surface area contributed by atoms with Gasteiger partial charge in [-0.1, -0.05) is 13.8 Å². The molecule has 2 aromatic rings. The van der Waals surface area contributed by atoms with Gasteiger partial charge in [-0.2, -0.15) is 0 Å². The monoisotopic (exact) mass is 316 g/mol. The fourth-order valence-electron chi connectivity index (χ4n) is 1.84. The summed E-state index contributed by atoms with van der Waals surface area (Å²) in [5, 5.41) is 16.2. The SMILES string of the molecule is CC.CO.COC(CO)CCn1cc(F)c2c(N)ncnc21. The van der Waals surface area contributed by atoms with Gasteiger partial charge in [-0.15, -0.1) is 0 Å². The Morgan fingerprint density at radius 1 is 1.36 bits per heavy atom. The van der Waals surface area contributed by atoms with Gasteiger partial charge < -0.3 is 25.3 Å². The minimum atomic E-state index is -0.443. The Bertz CT molecular complexity index is 544. The van der Waals surface area contributed by atoms with Gasteiger partial charge in [0.05, 0.1) is 18.1 Å². The summed E-state index contributed by atoms with van der Waals surface area (Å²) < 4.78 is 20.4. The second kappa shape index (κ2) is 10.9. The van der Waals surface area contributed by atoms with Crippen molar-refractivity contribution in [2.24, 2.45) is 0 Å². The number of aryl methyl sites for hydroxylation is 1. The summed E-state index contributed by atoms with van der Waals surface area (Å²) in [6.45, 7) is 4.41. The first-order valence-corrected chi connectivity index (χ1v) is 7.00. The first kappa shape index (κ1) is 20.2. The summed E-state index contributed by atoms with van der Waals surface area (Å²) in [6.07, 6.45) is 2.91. The minimum absolute atomic E-state index is 0.0741. The van der Waals surface area contributed by atoms with E-state index in [1.165, 1.54) is 19.6 Å². The molecule has 0 aliphatic carbocycles. The van der Waals surface area contributed by atoms with Crippen LogP contribution in [-0.2, 0) is 11.3 Å². The second-order valence-corrected chi connectivity index (χ2v) is 3.96. The van der Waals surface area contributed by atoms with Gasteiger partial charge in [0.2, 0.25) is 0 Å². The molecule has 0 amide bonds. The van der Waals surface area contributed by atoms with Crippen molar-refractivity contribution in [3.05, 3.63) is 18.3 Å². The third-order valence-electron chi connectivity index (χ3n) is 2.87. The molecular weight excluding hydrogens is 291 g/mol. The van der Waals surface area contributed by atoms with Crippen LogP contribution in [0.2, 0.25) is 0 Å². The van der Waals surface area contributed by atoms with Gasteiger partial charge in [-0.05, 0) is 6.42 Å². The first-order valence-electron chi connectivity index (χ1n) is 7.00. The molecule has 126 valence electrons. The molecule has 2 rings (SSSR count). The van der Waals surface area contributed by atoms with E-state index in [9.17, 15) is 4.39 Å². The van der Waals surface area contributed by atoms with Crippen LogP contribution in [0.1, 0.15) is 20.3 Å². The number of ether oxygens (including phenoxy) is 1. The van der Waals surface area contributed by atoms with Crippen molar-refractivity contribution < 1.29 is 19.3 Å². The summed E-state index contributed by atoms with van der Waals surface area (Å²) in [5.74, 6) is -0.317. The van der Waals surface area contributed by atoms with Gasteiger partial charge >= 0.3 is 0 Å². The maximum Gasteiger partial charge on any atom is 0.154 e. The molecule has 8 heteroatoms. The van der Waals surface area contributed by atoms with E-state index >= 15 is 0 Å². The van der Waals surface area contributed by atoms with Crippen LogP contribution in [0.3, 0.4) is 0 Å². The molecule has 7 nitrogen and oxygen atoms in total. The smallest absolute Gasteiger partial charge is 0.154 e. The number of halogens is 1. The number of nitrogen functional groups attached to an aromatic ring is 1. The second-order valence-electron chi connectivity index (χ2n) is 3.96. The van der Waals surface area contributed by atoms with Crippen LogP contribution >= 0.6 is 0 Å². The number of rotatable bonds is 5. The molecule has 0 fully saturated rings. The minimum Gasteiger partial charge on any atom is -0.400 e. The average Bonchev–Trinajstić information content (AvgIpc) is 2.90. The van der Waals surface area contributed by atoms with Crippen molar-refractivity contribution in [2.45, 2.75) is 32.9 Å². The Balaban J connectivity index is 0.00000102. The van der Waals surface area contributed by atoms with Crippen molar-refractivity contribution in [3.8, 4) is 0 Å². The Morgan fingerprint density at radius 3 is 2.55 bits per heavy atom. The lowest BCUT2D eigenvalue weighted by molar-refractivity contribution is 0.0405. The molecule has 0 spiro atoms. The lowest BCUT2D eigenvalue weighted by Gasteiger charge is -2.12. The molecule has 1 atom stereocenters. The zero-order chi connectivity index (χ0) is 17.1. The summed E-state index contributed by atoms with van der Waals surface area (Å²) in [4.78, 5) is 7.78. The fraction of sp³-hybridized carbons (Fsp3) is 0.571. The summed E-state index contributed by atoms with van der Waals surface area (Å²) in [6, 6.07) is 0. The van der Waals surface area contributed by atoms with E-state index in [2.05, 4.69) is 9.97 Å². The lowest BCUT2D eigenvalue weighted by Crippen LogP contribution is -2.18. The van der Waals surface area contributed by atoms with E-state index in [-0.39, 0.29) is 23.9 Å². The molecule has 22 heavy (non-hydrogen) atoms. The maximum absolute atomic E-state index is 13.7. The van der Waals surface area contributed by atoms with Gasteiger partial charge in [0, 0.05) is 27.0 Å². The van der Waals surface area contributed by atoms with Gasteiger partial charge in [-0.3, -0.25) is 0 Å². The van der Waals surface area contributed by atoms with Crippen molar-refractivity contribution in [2.75, 3.05) is 26.6 Å². The number of nitrogens with zero attached hydrogens (tertiary/aromatic N) is 3. The van der Waals surface area contributed by atoms with E-state index in [1.807, 2.05) is 13.8 Å². The summed E-state index contributed by atoms with van der Waals surface area (Å²) in [7, 11) is 2.52. The van der Waals surface area contributed by atoms with Crippen LogP contribution < -0.4 is 5.73 Å². The standard InChI is InChI=1S/C11H15FN4O2.C2H6.CH4O/c1-18-7(5-17)2-3-16-4-8(12)9-10(13)14-6-15-11(9)16;2*1-2/h4,6-7,17H,2-3,5H2,1H3,(H2,13,14,15);1-2H3;2H,1H3. The highest BCUT2D eigenvalue weighted by Crippen LogP contribution is 2.22. The number of methoxy groups -OCH3 is 1. The molecule has 4 N–H and O–H groups in total. The van der Waals surface area contributed by atoms with E-state index < -0.39 is 5.82 Å². The van der Waals surface area contributed by atoms with Gasteiger partial charge in [-0.25, -0.2) is 14.4 Å². The van der Waals surface area contributed by atoms with Crippen molar-refractivity contribution in [3.63, 3.8) is 0 Å². The van der Waals surface area contributed by atoms with Gasteiger partial charge in [0.1, 0.15) is 17.8 Å². The van der Waals surface area contributed by atoms with Crippen LogP contribution in [0.4, 0.5) is 10.2 Å². The number of fused-ring (bicyclic) bond motifs is 1. The van der Waals surface area contributed by atoms with Crippen LogP contribution in [0.5, 0.6) is 0 Å². The predicted octanol–water partition coefficient (Wildman–Crippen LogP) is 1.18. The fourth-order valence-corrected chi connectivity index (χ4v) is 1.84. The van der Waals surface area contributed by atoms with Gasteiger partial charge in [0.15, 0.2) is 5.82 Å². The molecule has 0 radical (unpaired) electrons. The van der Waals surface area contributed by atoms with Crippen LogP contribution in [0.15, 0.2) is 12.5 Å². The van der Waals surface area contributed by atoms with Gasteiger partial charge in [0.25, 0.3) is 0 Å². The van der Waals surface area contributed by atoms with E-state index in [1.54, 1.807) is 4.57 Å². The van der Waals surface area contributed by atoms with E-state index in [4.69, 9.17) is 20.7 Å². The summed E-state index contributed by atoms with van der Waals surface area (Å²) in [5.41, 5.74) is 6.06. The Morgan fingerprint density at radius 2 is 2.00 bits per heavy atom. The third-order valence-corrected chi connectivity index (χ3v) is 2.87. The zero-order valence-electron chi connectivity index (χ0n) is 13.5. The summed E-state index contributed by atoms with van der Waals surface area (Å²) >= 11 is 0. The van der Waals surface area contributed by atoms with E-state index in [0.717, 1.165) is 7.11 Å². The number of anilines is 1. The number of aromatic nitrogens is 3. The number of hydrogen-bond donors (Lipinski definition) is 3. The lowest BCUT2D eigenvalue weighted by atomic mass is 10.2. The quantitative estimate of drug-likeness (QED) is 0.765. The number of hydrogen-bond acceptors (Lipinski definition) is 6. The number of aliphatic hydroxyl groups excluding tert-OH is 2. The molecule has 1 unspecified atom stereocenters. The Kier molecular flexibility index (Phi) is 10.0. The van der Waals surface area contributed by atoms with Crippen LogP contribution in [0, 0.1) is 5.82 Å². The van der Waals surface area contributed by atoms with Crippen LogP contribution in [0.25, 0.3) is 11.0 Å². The highest BCUT2D eigenvalue weighted by atomic mass is 19.1. The molecule has 0 aliphatic rings. The molecule has 2 aromatic heterocycles. The highest BCUT2D eigenvalue weighted by molar-refractivity contribution is 5.86. The third kappa shape index (κ3) is 4.90. The number of nitrogens with two attached hydrogens (primary N) is 1. The predicted molar refractivity (Wildman–Crippen MR) is 83.9 cm³/mol. The molecule has 0 aliphatic heterocycles. The molecular formula is C14H25FN4O3. The maximum atomic E-state index is 13.7.